The van der Waals surface area contributed by atoms with Crippen LogP contribution >= 0.6 is 0 Å². The highest BCUT2D eigenvalue weighted by atomic mass is 16.1. The Kier molecular flexibility index (Phi) is 5.01. The van der Waals surface area contributed by atoms with E-state index in [0.29, 0.717) is 0 Å². The fraction of sp³-hybridized carbons (Fsp3) is 0.240. The summed E-state index contributed by atoms with van der Waals surface area (Å²) in [6, 6.07) is 27.1. The van der Waals surface area contributed by atoms with Crippen molar-refractivity contribution in [2.24, 2.45) is 0 Å². The van der Waals surface area contributed by atoms with E-state index in [4.69, 9.17) is 0 Å². The van der Waals surface area contributed by atoms with E-state index < -0.39 is 0 Å². The molecule has 0 saturated heterocycles. The summed E-state index contributed by atoms with van der Waals surface area (Å²) in [5.74, 6) is 0. The number of anilines is 1. The average molecular weight is 370 g/mol. The molecular formula is C25H26N2O. The topological polar surface area (TPSA) is 32.3 Å². The molecule has 0 bridgehead atoms. The third-order valence-corrected chi connectivity index (χ3v) is 5.49. The van der Waals surface area contributed by atoms with E-state index in [-0.39, 0.29) is 11.6 Å². The minimum atomic E-state index is -0.282. The number of hydrogen-bond donors (Lipinski definition) is 1. The zero-order valence-corrected chi connectivity index (χ0v) is 16.4. The Morgan fingerprint density at radius 3 is 1.96 bits per heavy atom. The molecule has 1 aliphatic heterocycles. The van der Waals surface area contributed by atoms with Crippen LogP contribution in [0.25, 0.3) is 0 Å². The predicted molar refractivity (Wildman–Crippen MR) is 114 cm³/mol. The molecule has 3 aromatic rings. The first-order valence-corrected chi connectivity index (χ1v) is 9.77. The lowest BCUT2D eigenvalue weighted by Crippen LogP contribution is -2.32. The largest absolute Gasteiger partial charge is 0.363 e. The molecule has 1 atom stereocenters. The number of nitrogens with zero attached hydrogens (tertiary/aromatic N) is 1. The zero-order valence-electron chi connectivity index (χ0n) is 16.4. The van der Waals surface area contributed by atoms with Gasteiger partial charge in [-0.05, 0) is 36.6 Å². The molecule has 1 heterocycles. The maximum absolute atomic E-state index is 11.9. The first kappa shape index (κ1) is 18.5. The van der Waals surface area contributed by atoms with Gasteiger partial charge in [0, 0.05) is 29.9 Å². The summed E-state index contributed by atoms with van der Waals surface area (Å²) in [6.07, 6.45) is 1.03. The smallest absolute Gasteiger partial charge is 0.141 e. The minimum absolute atomic E-state index is 0.220. The lowest BCUT2D eigenvalue weighted by molar-refractivity contribution is -0.109. The van der Waals surface area contributed by atoms with Crippen LogP contribution in [0.5, 0.6) is 0 Å². The first-order chi connectivity index (χ1) is 13.6. The standard InChI is InChI=1S/C25H26N2O/c1-25(2)21-14-9-15-23(24(21)22(18-28)26-25)27(16-19-10-5-3-6-11-19)17-20-12-7-4-8-13-20/h3-15,18,22,26H,16-17H2,1-2H3. The van der Waals surface area contributed by atoms with Gasteiger partial charge in [0.05, 0.1) is 6.04 Å². The Balaban J connectivity index is 1.79. The fourth-order valence-electron chi connectivity index (χ4n) is 4.18. The molecule has 3 heteroatoms. The van der Waals surface area contributed by atoms with E-state index in [1.807, 2.05) is 12.1 Å². The van der Waals surface area contributed by atoms with Gasteiger partial charge in [-0.25, -0.2) is 0 Å². The lowest BCUT2D eigenvalue weighted by Gasteiger charge is -2.28. The molecule has 0 spiro atoms. The minimum Gasteiger partial charge on any atom is -0.363 e. The monoisotopic (exact) mass is 370 g/mol. The molecule has 28 heavy (non-hydrogen) atoms. The first-order valence-electron chi connectivity index (χ1n) is 9.77. The van der Waals surface area contributed by atoms with Gasteiger partial charge in [-0.1, -0.05) is 72.8 Å². The van der Waals surface area contributed by atoms with Gasteiger partial charge in [0.2, 0.25) is 0 Å². The molecule has 3 aromatic carbocycles. The van der Waals surface area contributed by atoms with Crippen molar-refractivity contribution in [2.45, 2.75) is 38.5 Å². The van der Waals surface area contributed by atoms with Gasteiger partial charge >= 0.3 is 0 Å². The normalized spacial score (nSPS) is 17.1. The van der Waals surface area contributed by atoms with Gasteiger partial charge < -0.3 is 9.69 Å². The number of aldehydes is 1. The average Bonchev–Trinajstić information content (AvgIpc) is 3.00. The van der Waals surface area contributed by atoms with Crippen LogP contribution in [0.2, 0.25) is 0 Å². The fourth-order valence-corrected chi connectivity index (χ4v) is 4.18. The lowest BCUT2D eigenvalue weighted by atomic mass is 9.92. The summed E-state index contributed by atoms with van der Waals surface area (Å²) < 4.78 is 0. The van der Waals surface area contributed by atoms with Crippen molar-refractivity contribution < 1.29 is 4.79 Å². The Morgan fingerprint density at radius 1 is 0.857 bits per heavy atom. The van der Waals surface area contributed by atoms with Crippen molar-refractivity contribution in [3.05, 3.63) is 101 Å². The van der Waals surface area contributed by atoms with Crippen molar-refractivity contribution >= 4 is 12.0 Å². The molecule has 0 aliphatic carbocycles. The number of hydrogen-bond acceptors (Lipinski definition) is 3. The van der Waals surface area contributed by atoms with Crippen molar-refractivity contribution in [2.75, 3.05) is 4.90 Å². The van der Waals surface area contributed by atoms with Gasteiger partial charge in [-0.2, -0.15) is 0 Å². The summed E-state index contributed by atoms with van der Waals surface area (Å²) in [5.41, 5.74) is 5.72. The number of carbonyl (C=O) groups is 1. The molecule has 1 aliphatic rings. The quantitative estimate of drug-likeness (QED) is 0.622. The zero-order chi connectivity index (χ0) is 19.6. The van der Waals surface area contributed by atoms with Crippen LogP contribution in [0.15, 0.2) is 78.9 Å². The van der Waals surface area contributed by atoms with Crippen LogP contribution in [0.3, 0.4) is 0 Å². The van der Waals surface area contributed by atoms with Crippen molar-refractivity contribution in [1.82, 2.24) is 5.32 Å². The van der Waals surface area contributed by atoms with Crippen molar-refractivity contribution in [3.63, 3.8) is 0 Å². The van der Waals surface area contributed by atoms with Crippen LogP contribution in [-0.2, 0) is 23.4 Å². The second kappa shape index (κ2) is 7.61. The Bertz CT molecular complexity index is 909. The molecule has 1 N–H and O–H groups in total. The van der Waals surface area contributed by atoms with Crippen LogP contribution in [0, 0.1) is 0 Å². The predicted octanol–water partition coefficient (Wildman–Crippen LogP) is 4.97. The van der Waals surface area contributed by atoms with Gasteiger partial charge in [-0.3, -0.25) is 5.32 Å². The second-order valence-corrected chi connectivity index (χ2v) is 7.95. The Morgan fingerprint density at radius 2 is 1.43 bits per heavy atom. The molecule has 0 aromatic heterocycles. The number of nitrogens with one attached hydrogen (secondary N) is 1. The van der Waals surface area contributed by atoms with Crippen LogP contribution < -0.4 is 10.2 Å². The molecule has 0 fully saturated rings. The SMILES string of the molecule is CC1(C)NC(C=O)c2c(N(Cc3ccccc3)Cc3ccccc3)cccc21. The molecule has 0 amide bonds. The van der Waals surface area contributed by atoms with E-state index in [0.717, 1.165) is 30.6 Å². The van der Waals surface area contributed by atoms with Crippen molar-refractivity contribution in [3.8, 4) is 0 Å². The summed E-state index contributed by atoms with van der Waals surface area (Å²) in [6.45, 7) is 5.85. The number of benzene rings is 3. The van der Waals surface area contributed by atoms with Gasteiger partial charge in [-0.15, -0.1) is 0 Å². The van der Waals surface area contributed by atoms with E-state index >= 15 is 0 Å². The summed E-state index contributed by atoms with van der Waals surface area (Å²) in [7, 11) is 0. The van der Waals surface area contributed by atoms with E-state index in [1.165, 1.54) is 16.7 Å². The Labute approximate surface area is 167 Å². The number of carbonyl (C=O) groups excluding carboxylic acids is 1. The molecule has 0 saturated carbocycles. The third kappa shape index (κ3) is 3.58. The van der Waals surface area contributed by atoms with Crippen LogP contribution in [-0.4, -0.2) is 6.29 Å². The molecular weight excluding hydrogens is 344 g/mol. The maximum atomic E-state index is 11.9. The summed E-state index contributed by atoms with van der Waals surface area (Å²) >= 11 is 0. The molecule has 1 unspecified atom stereocenters. The van der Waals surface area contributed by atoms with Gasteiger partial charge in [0.15, 0.2) is 0 Å². The van der Waals surface area contributed by atoms with E-state index in [2.05, 4.69) is 90.8 Å². The molecule has 3 nitrogen and oxygen atoms in total. The third-order valence-electron chi connectivity index (χ3n) is 5.49. The molecule has 0 radical (unpaired) electrons. The summed E-state index contributed by atoms with van der Waals surface area (Å²) in [4.78, 5) is 14.2. The number of fused-ring (bicyclic) bond motifs is 1. The Hall–Kier alpha value is -2.91. The second-order valence-electron chi connectivity index (χ2n) is 7.95. The number of rotatable bonds is 6. The molecule has 142 valence electrons. The summed E-state index contributed by atoms with van der Waals surface area (Å²) in [5, 5.41) is 3.47. The van der Waals surface area contributed by atoms with Gasteiger partial charge in [0.1, 0.15) is 6.29 Å². The van der Waals surface area contributed by atoms with Crippen LogP contribution in [0.1, 0.15) is 42.1 Å². The molecule has 4 rings (SSSR count). The van der Waals surface area contributed by atoms with Crippen LogP contribution in [0.4, 0.5) is 5.69 Å². The highest BCUT2D eigenvalue weighted by Crippen LogP contribution is 2.42. The van der Waals surface area contributed by atoms with E-state index in [1.54, 1.807) is 0 Å². The van der Waals surface area contributed by atoms with Gasteiger partial charge in [0.25, 0.3) is 0 Å². The van der Waals surface area contributed by atoms with Crippen molar-refractivity contribution in [1.29, 1.82) is 0 Å². The van der Waals surface area contributed by atoms with E-state index in [9.17, 15) is 4.79 Å². The highest BCUT2D eigenvalue weighted by molar-refractivity contribution is 5.73. The maximum Gasteiger partial charge on any atom is 0.141 e. The highest BCUT2D eigenvalue weighted by Gasteiger charge is 2.38.